The molecule has 5 aromatic rings. The number of halogens is 5. The lowest BCUT2D eigenvalue weighted by molar-refractivity contribution is -0.127. The van der Waals surface area contributed by atoms with Gasteiger partial charge in [-0.05, 0) is 104 Å². The molecule has 0 spiro atoms. The number of aryl methyl sites for hydroxylation is 1. The zero-order valence-corrected chi connectivity index (χ0v) is 37.2. The zero-order chi connectivity index (χ0) is 45.6. The number of alkyl halides is 3. The third-order valence-electron chi connectivity index (χ3n) is 9.06. The number of anilines is 4. The van der Waals surface area contributed by atoms with Crippen molar-refractivity contribution in [1.29, 1.82) is 0 Å². The van der Waals surface area contributed by atoms with Gasteiger partial charge in [0, 0.05) is 51.5 Å². The number of hydrogen-bond acceptors (Lipinski definition) is 10. The van der Waals surface area contributed by atoms with Gasteiger partial charge in [0.1, 0.15) is 11.4 Å². The molecule has 63 heavy (non-hydrogen) atoms. The molecule has 2 atom stereocenters. The summed E-state index contributed by atoms with van der Waals surface area (Å²) in [5.41, 5.74) is 3.84. The highest BCUT2D eigenvalue weighted by Gasteiger charge is 2.26. The van der Waals surface area contributed by atoms with Crippen molar-refractivity contribution in [2.45, 2.75) is 44.1 Å². The van der Waals surface area contributed by atoms with E-state index in [1.807, 2.05) is 0 Å². The van der Waals surface area contributed by atoms with E-state index in [4.69, 9.17) is 58.0 Å². The van der Waals surface area contributed by atoms with Gasteiger partial charge in [-0.25, -0.2) is 0 Å². The monoisotopic (exact) mass is 948 g/mol. The SMILES string of the molecule is CC(=O)C(N=Nc1cc(C(=O)Nc2ccccc2CCl)ccc1Cl)C(=O)Nc1ccc(NC(=O)C(N=Nc2cc(C(=O)Nc3ccccc3CCl)ccc2Cl)C(C)=O)c(CCCl)c1. The fourth-order valence-corrected chi connectivity index (χ4v) is 6.74. The molecule has 14 nitrogen and oxygen atoms in total. The number of nitrogens with one attached hydrogen (secondary N) is 4. The van der Waals surface area contributed by atoms with E-state index in [1.54, 1.807) is 48.5 Å². The van der Waals surface area contributed by atoms with Gasteiger partial charge in [0.15, 0.2) is 11.6 Å². The quantitative estimate of drug-likeness (QED) is 0.0382. The maximum atomic E-state index is 13.5. The van der Waals surface area contributed by atoms with Crippen LogP contribution < -0.4 is 21.3 Å². The Kier molecular flexibility index (Phi) is 17.4. The Balaban J connectivity index is 1.28. The number of amides is 4. The predicted octanol–water partition coefficient (Wildman–Crippen LogP) is 11.1. The van der Waals surface area contributed by atoms with Crippen molar-refractivity contribution < 1.29 is 28.8 Å². The van der Waals surface area contributed by atoms with Crippen LogP contribution in [0.5, 0.6) is 0 Å². The van der Waals surface area contributed by atoms with Gasteiger partial charge in [0.2, 0.25) is 12.1 Å². The number of azo groups is 2. The fourth-order valence-electron chi connectivity index (χ4n) is 5.76. The Labute approximate surface area is 386 Å². The van der Waals surface area contributed by atoms with E-state index in [2.05, 4.69) is 41.7 Å². The highest BCUT2D eigenvalue weighted by atomic mass is 35.5. The molecular weight excluding hydrogens is 914 g/mol. The van der Waals surface area contributed by atoms with Crippen LogP contribution in [0.3, 0.4) is 0 Å². The number of hydrogen-bond donors (Lipinski definition) is 4. The normalized spacial score (nSPS) is 12.1. The highest BCUT2D eigenvalue weighted by Crippen LogP contribution is 2.30. The summed E-state index contributed by atoms with van der Waals surface area (Å²) in [5, 5.41) is 27.1. The van der Waals surface area contributed by atoms with Crippen molar-refractivity contribution in [3.63, 3.8) is 0 Å². The van der Waals surface area contributed by atoms with Gasteiger partial charge >= 0.3 is 0 Å². The van der Waals surface area contributed by atoms with Gasteiger partial charge in [-0.15, -0.1) is 34.8 Å². The Morgan fingerprint density at radius 2 is 0.968 bits per heavy atom. The molecule has 0 heterocycles. The van der Waals surface area contributed by atoms with Crippen LogP contribution in [0.25, 0.3) is 0 Å². The molecule has 0 saturated carbocycles. The first-order valence-corrected chi connectivity index (χ1v) is 21.2. The Morgan fingerprint density at radius 1 is 0.524 bits per heavy atom. The molecule has 0 saturated heterocycles. The number of benzene rings is 5. The Hall–Kier alpha value is -6.03. The first kappa shape index (κ1) is 48.0. The van der Waals surface area contributed by atoms with E-state index in [-0.39, 0.29) is 68.0 Å². The van der Waals surface area contributed by atoms with Gasteiger partial charge in [-0.3, -0.25) is 28.8 Å². The maximum absolute atomic E-state index is 13.5. The molecule has 0 fully saturated rings. The molecule has 4 N–H and O–H groups in total. The molecule has 4 amide bonds. The molecular formula is C44H37Cl5N8O6. The lowest BCUT2D eigenvalue weighted by atomic mass is 10.1. The van der Waals surface area contributed by atoms with Crippen LogP contribution in [0.4, 0.5) is 34.1 Å². The average molecular weight is 951 g/mol. The lowest BCUT2D eigenvalue weighted by Crippen LogP contribution is -2.32. The number of Topliss-reactive ketones (excluding diaryl/α,β-unsaturated/α-hetero) is 2. The van der Waals surface area contributed by atoms with Crippen molar-refractivity contribution >= 4 is 127 Å². The summed E-state index contributed by atoms with van der Waals surface area (Å²) in [6.45, 7) is 2.32. The number of ketones is 2. The zero-order valence-electron chi connectivity index (χ0n) is 33.4. The molecule has 0 aromatic heterocycles. The number of rotatable bonds is 18. The molecule has 0 aliphatic rings. The molecule has 5 aromatic carbocycles. The van der Waals surface area contributed by atoms with E-state index in [0.717, 1.165) is 13.8 Å². The van der Waals surface area contributed by atoms with Gasteiger partial charge in [0.05, 0.1) is 10.0 Å². The highest BCUT2D eigenvalue weighted by molar-refractivity contribution is 6.33. The summed E-state index contributed by atoms with van der Waals surface area (Å²) in [6, 6.07) is 23.8. The third-order valence-corrected chi connectivity index (χ3v) is 10.5. The second kappa shape index (κ2) is 22.9. The number of para-hydroxylation sites is 2. The largest absolute Gasteiger partial charge is 0.324 e. The van der Waals surface area contributed by atoms with Crippen molar-refractivity contribution in [2.24, 2.45) is 20.5 Å². The number of carbonyl (C=O) groups excluding carboxylic acids is 6. The molecule has 19 heteroatoms. The standard InChI is InChI=1S/C44H37Cl5N8O6/c1-24(58)39(56-54-37-20-27(11-14-32(37)48)41(60)51-34-9-5-3-7-29(34)22-46)43(62)50-31-13-16-36(26(19-31)17-18-45)53-44(63)40(25(2)59)57-55-38-21-28(12-15-33(38)49)42(61)52-35-10-6-4-8-30(35)23-47/h3-16,19-21,39-40H,17-18,22-23H2,1-2H3,(H,50,62)(H,51,60)(H,52,61)(H,53,63). The van der Waals surface area contributed by atoms with Crippen LogP contribution in [0.2, 0.25) is 10.0 Å². The predicted molar refractivity (Wildman–Crippen MR) is 247 cm³/mol. The summed E-state index contributed by atoms with van der Waals surface area (Å²) in [6.07, 6.45) is 0.211. The second-order valence-electron chi connectivity index (χ2n) is 13.6. The minimum atomic E-state index is -1.62. The van der Waals surface area contributed by atoms with E-state index in [1.165, 1.54) is 54.6 Å². The van der Waals surface area contributed by atoms with Crippen molar-refractivity contribution in [3.05, 3.63) is 141 Å². The van der Waals surface area contributed by atoms with Crippen LogP contribution in [-0.4, -0.2) is 53.2 Å². The van der Waals surface area contributed by atoms with E-state index in [0.29, 0.717) is 28.1 Å². The molecule has 0 bridgehead atoms. The number of nitrogens with zero attached hydrogens (tertiary/aromatic N) is 4. The van der Waals surface area contributed by atoms with Gasteiger partial charge < -0.3 is 21.3 Å². The van der Waals surface area contributed by atoms with Crippen LogP contribution >= 0.6 is 58.0 Å². The van der Waals surface area contributed by atoms with Crippen LogP contribution in [0, 0.1) is 0 Å². The smallest absolute Gasteiger partial charge is 0.258 e. The summed E-state index contributed by atoms with van der Waals surface area (Å²) in [4.78, 5) is 78.2. The van der Waals surface area contributed by atoms with Crippen molar-refractivity contribution in [1.82, 2.24) is 0 Å². The second-order valence-corrected chi connectivity index (χ2v) is 15.3. The van der Waals surface area contributed by atoms with E-state index in [9.17, 15) is 28.8 Å². The third kappa shape index (κ3) is 13.0. The molecule has 0 radical (unpaired) electrons. The molecule has 5 rings (SSSR count). The van der Waals surface area contributed by atoms with Crippen molar-refractivity contribution in [2.75, 3.05) is 27.1 Å². The molecule has 0 aliphatic carbocycles. The summed E-state index contributed by atoms with van der Waals surface area (Å²) in [5.74, 6) is -3.44. The van der Waals surface area contributed by atoms with Crippen LogP contribution in [0.15, 0.2) is 124 Å². The summed E-state index contributed by atoms with van der Waals surface area (Å²) in [7, 11) is 0. The van der Waals surface area contributed by atoms with E-state index >= 15 is 0 Å². The van der Waals surface area contributed by atoms with Gasteiger partial charge in [-0.1, -0.05) is 59.6 Å². The van der Waals surface area contributed by atoms with Crippen LogP contribution in [-0.2, 0) is 37.4 Å². The summed E-state index contributed by atoms with van der Waals surface area (Å²) >= 11 is 30.8. The topological polar surface area (TPSA) is 200 Å². The first-order valence-electron chi connectivity index (χ1n) is 18.9. The minimum Gasteiger partial charge on any atom is -0.324 e. The van der Waals surface area contributed by atoms with Crippen molar-refractivity contribution in [3.8, 4) is 0 Å². The molecule has 2 unspecified atom stereocenters. The Morgan fingerprint density at radius 3 is 1.41 bits per heavy atom. The molecule has 324 valence electrons. The molecule has 0 aliphatic heterocycles. The lowest BCUT2D eigenvalue weighted by Gasteiger charge is -2.15. The van der Waals surface area contributed by atoms with E-state index < -0.39 is 47.3 Å². The fraction of sp³-hybridized carbons (Fsp3) is 0.182. The Bertz CT molecular complexity index is 2620. The summed E-state index contributed by atoms with van der Waals surface area (Å²) < 4.78 is 0. The van der Waals surface area contributed by atoms with Gasteiger partial charge in [-0.2, -0.15) is 20.5 Å². The maximum Gasteiger partial charge on any atom is 0.258 e. The first-order chi connectivity index (χ1) is 30.2. The van der Waals surface area contributed by atoms with Crippen LogP contribution in [0.1, 0.15) is 51.3 Å². The minimum absolute atomic E-state index is 0.0321. The average Bonchev–Trinajstić information content (AvgIpc) is 3.26. The number of carbonyl (C=O) groups is 6. The van der Waals surface area contributed by atoms with Gasteiger partial charge in [0.25, 0.3) is 23.6 Å².